The minimum atomic E-state index is -0.607. The van der Waals surface area contributed by atoms with Crippen molar-refractivity contribution in [3.05, 3.63) is 53.3 Å². The molecule has 26 heavy (non-hydrogen) atoms. The lowest BCUT2D eigenvalue weighted by molar-refractivity contribution is 0.0349. The fourth-order valence-corrected chi connectivity index (χ4v) is 3.32. The maximum atomic E-state index is 12.3. The van der Waals surface area contributed by atoms with Crippen molar-refractivity contribution in [1.82, 2.24) is 20.0 Å². The van der Waals surface area contributed by atoms with E-state index in [0.29, 0.717) is 31.6 Å². The molecule has 1 aliphatic heterocycles. The van der Waals surface area contributed by atoms with Crippen LogP contribution in [0.25, 0.3) is 0 Å². The van der Waals surface area contributed by atoms with Gasteiger partial charge in [0, 0.05) is 37.0 Å². The number of amides is 1. The van der Waals surface area contributed by atoms with E-state index in [2.05, 4.69) is 15.3 Å². The Kier molecular flexibility index (Phi) is 6.03. The van der Waals surface area contributed by atoms with Crippen molar-refractivity contribution in [3.8, 4) is 0 Å². The zero-order chi connectivity index (χ0) is 18.5. The molecule has 0 bridgehead atoms. The summed E-state index contributed by atoms with van der Waals surface area (Å²) >= 11 is 0. The van der Waals surface area contributed by atoms with Gasteiger partial charge in [-0.2, -0.15) is 5.10 Å². The Morgan fingerprint density at radius 3 is 2.81 bits per heavy atom. The number of nitrogens with one attached hydrogen (secondary N) is 1. The summed E-state index contributed by atoms with van der Waals surface area (Å²) in [6, 6.07) is 8.82. The number of aliphatic hydroxyl groups excluding tert-OH is 2. The molecule has 0 unspecified atom stereocenters. The van der Waals surface area contributed by atoms with E-state index in [1.807, 2.05) is 31.3 Å². The summed E-state index contributed by atoms with van der Waals surface area (Å²) in [6.45, 7) is 4.49. The molecule has 140 valence electrons. The van der Waals surface area contributed by atoms with Gasteiger partial charge in [-0.25, -0.2) is 0 Å². The van der Waals surface area contributed by atoms with Gasteiger partial charge in [0.05, 0.1) is 31.0 Å². The van der Waals surface area contributed by atoms with E-state index in [0.717, 1.165) is 17.8 Å². The second-order valence-corrected chi connectivity index (χ2v) is 6.76. The molecule has 1 aromatic heterocycles. The number of likely N-dealkylation sites (tertiary alicyclic amines) is 1. The van der Waals surface area contributed by atoms with E-state index < -0.39 is 6.10 Å². The van der Waals surface area contributed by atoms with Gasteiger partial charge < -0.3 is 15.5 Å². The van der Waals surface area contributed by atoms with Crippen LogP contribution in [0.5, 0.6) is 0 Å². The van der Waals surface area contributed by atoms with Gasteiger partial charge in [-0.1, -0.05) is 18.2 Å². The number of rotatable bonds is 6. The quantitative estimate of drug-likeness (QED) is 0.702. The van der Waals surface area contributed by atoms with E-state index in [4.69, 9.17) is 5.11 Å². The van der Waals surface area contributed by atoms with Crippen molar-refractivity contribution in [2.75, 3.05) is 19.7 Å². The first-order valence-electron chi connectivity index (χ1n) is 8.97. The molecule has 2 heterocycles. The minimum absolute atomic E-state index is 0.0613. The van der Waals surface area contributed by atoms with E-state index in [1.54, 1.807) is 16.8 Å². The van der Waals surface area contributed by atoms with Crippen molar-refractivity contribution in [3.63, 3.8) is 0 Å². The first-order valence-corrected chi connectivity index (χ1v) is 8.97. The molecular weight excluding hydrogens is 332 g/mol. The Bertz CT molecular complexity index is 732. The van der Waals surface area contributed by atoms with Crippen LogP contribution < -0.4 is 5.32 Å². The summed E-state index contributed by atoms with van der Waals surface area (Å²) in [7, 11) is 0. The van der Waals surface area contributed by atoms with Crippen molar-refractivity contribution < 1.29 is 15.0 Å². The Morgan fingerprint density at radius 1 is 1.35 bits per heavy atom. The van der Waals surface area contributed by atoms with Crippen LogP contribution in [0.15, 0.2) is 36.5 Å². The number of aliphatic hydroxyl groups is 2. The lowest BCUT2D eigenvalue weighted by Crippen LogP contribution is -2.53. The summed E-state index contributed by atoms with van der Waals surface area (Å²) in [5.41, 5.74) is 2.64. The van der Waals surface area contributed by atoms with E-state index in [-0.39, 0.29) is 18.6 Å². The Hall–Kier alpha value is -2.22. The maximum Gasteiger partial charge on any atom is 0.251 e. The minimum Gasteiger partial charge on any atom is -0.394 e. The number of aromatic nitrogens is 2. The maximum absolute atomic E-state index is 12.3. The van der Waals surface area contributed by atoms with Crippen LogP contribution in [0.3, 0.4) is 0 Å². The van der Waals surface area contributed by atoms with Crippen LogP contribution in [-0.4, -0.2) is 62.6 Å². The second kappa shape index (κ2) is 8.44. The van der Waals surface area contributed by atoms with Gasteiger partial charge in [0.15, 0.2) is 0 Å². The molecule has 1 saturated heterocycles. The topological polar surface area (TPSA) is 90.6 Å². The molecule has 2 aromatic rings. The predicted octanol–water partition coefficient (Wildman–Crippen LogP) is 0.549. The third-order valence-corrected chi connectivity index (χ3v) is 4.79. The highest BCUT2D eigenvalue weighted by Crippen LogP contribution is 2.17. The molecular formula is C19H26N4O3. The Labute approximate surface area is 153 Å². The number of aryl methyl sites for hydroxylation is 1. The highest BCUT2D eigenvalue weighted by Gasteiger charge is 2.29. The van der Waals surface area contributed by atoms with E-state index >= 15 is 0 Å². The van der Waals surface area contributed by atoms with Crippen molar-refractivity contribution in [2.45, 2.75) is 38.6 Å². The Balaban J connectivity index is 1.54. The molecule has 7 nitrogen and oxygen atoms in total. The van der Waals surface area contributed by atoms with E-state index in [1.165, 1.54) is 0 Å². The zero-order valence-electron chi connectivity index (χ0n) is 15.0. The average molecular weight is 358 g/mol. The number of piperidine rings is 1. The summed E-state index contributed by atoms with van der Waals surface area (Å²) in [4.78, 5) is 14.4. The van der Waals surface area contributed by atoms with Crippen LogP contribution in [-0.2, 0) is 13.1 Å². The van der Waals surface area contributed by atoms with Gasteiger partial charge in [0.25, 0.3) is 5.91 Å². The third kappa shape index (κ3) is 4.49. The van der Waals surface area contributed by atoms with Crippen LogP contribution in [0.2, 0.25) is 0 Å². The second-order valence-electron chi connectivity index (χ2n) is 6.76. The van der Waals surface area contributed by atoms with Crippen molar-refractivity contribution in [2.24, 2.45) is 0 Å². The predicted molar refractivity (Wildman–Crippen MR) is 97.6 cm³/mol. The lowest BCUT2D eigenvalue weighted by atomic mass is 10.0. The molecule has 3 N–H and O–H groups in total. The van der Waals surface area contributed by atoms with Gasteiger partial charge in [0.2, 0.25) is 0 Å². The number of hydrogen-bond donors (Lipinski definition) is 3. The van der Waals surface area contributed by atoms with Gasteiger partial charge >= 0.3 is 0 Å². The van der Waals surface area contributed by atoms with Crippen molar-refractivity contribution in [1.29, 1.82) is 0 Å². The van der Waals surface area contributed by atoms with Gasteiger partial charge in [-0.15, -0.1) is 0 Å². The SMILES string of the molecule is Cc1nn(CCO)cc1CN1CC[C@@H](NC(=O)c2ccccc2)[C@H](O)C1. The fraction of sp³-hybridized carbons (Fsp3) is 0.474. The molecule has 1 amide bonds. The molecule has 0 radical (unpaired) electrons. The fourth-order valence-electron chi connectivity index (χ4n) is 3.32. The molecule has 7 heteroatoms. The lowest BCUT2D eigenvalue weighted by Gasteiger charge is -2.36. The molecule has 1 aromatic carbocycles. The third-order valence-electron chi connectivity index (χ3n) is 4.79. The van der Waals surface area contributed by atoms with Crippen molar-refractivity contribution >= 4 is 5.91 Å². The zero-order valence-corrected chi connectivity index (χ0v) is 15.0. The van der Waals surface area contributed by atoms with Gasteiger partial charge in [0.1, 0.15) is 0 Å². The summed E-state index contributed by atoms with van der Waals surface area (Å²) in [5.74, 6) is -0.149. The number of β-amino-alcohol motifs (C(OH)–C–C–N with tert-alkyl or cyclic N) is 1. The molecule has 0 aliphatic carbocycles. The van der Waals surface area contributed by atoms with Crippen LogP contribution >= 0.6 is 0 Å². The van der Waals surface area contributed by atoms with Crippen LogP contribution in [0.4, 0.5) is 0 Å². The molecule has 3 rings (SSSR count). The number of hydrogen-bond acceptors (Lipinski definition) is 5. The molecule has 0 saturated carbocycles. The standard InChI is InChI=1S/C19H26N4O3/c1-14-16(12-23(21-14)9-10-24)11-22-8-7-17(18(25)13-22)20-19(26)15-5-3-2-4-6-15/h2-6,12,17-18,24-25H,7-11,13H2,1H3,(H,20,26)/t17-,18-/m1/s1. The number of carbonyl (C=O) groups is 1. The number of benzene rings is 1. The average Bonchev–Trinajstić information content (AvgIpc) is 2.97. The summed E-state index contributed by atoms with van der Waals surface area (Å²) in [6.07, 6.45) is 2.04. The first kappa shape index (κ1) is 18.6. The molecule has 1 aliphatic rings. The summed E-state index contributed by atoms with van der Waals surface area (Å²) in [5, 5.41) is 26.8. The highest BCUT2D eigenvalue weighted by atomic mass is 16.3. The number of nitrogens with zero attached hydrogens (tertiary/aromatic N) is 3. The molecule has 1 fully saturated rings. The van der Waals surface area contributed by atoms with E-state index in [9.17, 15) is 9.90 Å². The number of carbonyl (C=O) groups excluding carboxylic acids is 1. The molecule has 2 atom stereocenters. The van der Waals surface area contributed by atoms with Crippen LogP contribution in [0, 0.1) is 6.92 Å². The van der Waals surface area contributed by atoms with Gasteiger partial charge in [-0.3, -0.25) is 14.4 Å². The summed E-state index contributed by atoms with van der Waals surface area (Å²) < 4.78 is 1.74. The monoisotopic (exact) mass is 358 g/mol. The smallest absolute Gasteiger partial charge is 0.251 e. The van der Waals surface area contributed by atoms with Crippen LogP contribution in [0.1, 0.15) is 28.0 Å². The molecule has 0 spiro atoms. The normalized spacial score (nSPS) is 20.9. The van der Waals surface area contributed by atoms with Gasteiger partial charge in [-0.05, 0) is 25.5 Å². The highest BCUT2D eigenvalue weighted by molar-refractivity contribution is 5.94. The largest absolute Gasteiger partial charge is 0.394 e. The first-order chi connectivity index (χ1) is 12.6. The Morgan fingerprint density at radius 2 is 2.12 bits per heavy atom.